The summed E-state index contributed by atoms with van der Waals surface area (Å²) in [6.07, 6.45) is 1.83. The van der Waals surface area contributed by atoms with Crippen LogP contribution in [0.25, 0.3) is 0 Å². The molecule has 0 N–H and O–H groups in total. The minimum atomic E-state index is -2.94. The van der Waals surface area contributed by atoms with Crippen molar-refractivity contribution in [3.63, 3.8) is 0 Å². The van der Waals surface area contributed by atoms with E-state index in [1.807, 2.05) is 36.2 Å². The molecule has 3 rings (SSSR count). The lowest BCUT2D eigenvalue weighted by atomic mass is 10.0. The van der Waals surface area contributed by atoms with Crippen LogP contribution in [-0.4, -0.2) is 45.5 Å². The molecule has 0 saturated carbocycles. The number of carbonyl (C=O) groups excluding carboxylic acids is 1. The minimum Gasteiger partial charge on any atom is -0.373 e. The predicted octanol–water partition coefficient (Wildman–Crippen LogP) is 2.07. The fraction of sp³-hybridized carbons (Fsp3) is 0.588. The monoisotopic (exact) mass is 336 g/mol. The molecule has 0 unspecified atom stereocenters. The third-order valence-electron chi connectivity index (χ3n) is 4.93. The number of para-hydroxylation sites is 2. The van der Waals surface area contributed by atoms with Gasteiger partial charge in [-0.15, -0.1) is 0 Å². The summed E-state index contributed by atoms with van der Waals surface area (Å²) >= 11 is 0. The highest BCUT2D eigenvalue weighted by Crippen LogP contribution is 2.35. The fourth-order valence-electron chi connectivity index (χ4n) is 3.62. The smallest absolute Gasteiger partial charge is 0.227 e. The van der Waals surface area contributed by atoms with Crippen molar-refractivity contribution in [3.8, 4) is 0 Å². The second kappa shape index (κ2) is 6.15. The van der Waals surface area contributed by atoms with Crippen molar-refractivity contribution >= 4 is 27.1 Å². The third-order valence-corrected chi connectivity index (χ3v) is 6.77. The summed E-state index contributed by atoms with van der Waals surface area (Å²) in [4.78, 5) is 17.0. The first-order valence-corrected chi connectivity index (χ1v) is 10.0. The number of rotatable bonds is 2. The quantitative estimate of drug-likeness (QED) is 0.830. The molecule has 0 aromatic heterocycles. The van der Waals surface area contributed by atoms with Gasteiger partial charge in [-0.1, -0.05) is 12.1 Å². The van der Waals surface area contributed by atoms with Crippen molar-refractivity contribution in [2.75, 3.05) is 34.9 Å². The van der Waals surface area contributed by atoms with Crippen molar-refractivity contribution in [1.82, 2.24) is 0 Å². The topological polar surface area (TPSA) is 57.7 Å². The van der Waals surface area contributed by atoms with Gasteiger partial charge in [0.15, 0.2) is 9.84 Å². The van der Waals surface area contributed by atoms with Crippen LogP contribution in [0.5, 0.6) is 0 Å². The van der Waals surface area contributed by atoms with E-state index in [1.54, 1.807) is 0 Å². The van der Waals surface area contributed by atoms with Gasteiger partial charge in [-0.25, -0.2) is 8.42 Å². The molecule has 1 saturated heterocycles. The maximum atomic E-state index is 12.9. The first-order chi connectivity index (χ1) is 10.9. The molecular weight excluding hydrogens is 312 g/mol. The minimum absolute atomic E-state index is 0.0344. The van der Waals surface area contributed by atoms with Gasteiger partial charge >= 0.3 is 0 Å². The van der Waals surface area contributed by atoms with E-state index >= 15 is 0 Å². The van der Waals surface area contributed by atoms with Crippen LogP contribution in [0.15, 0.2) is 24.3 Å². The van der Waals surface area contributed by atoms with E-state index in [9.17, 15) is 13.2 Å². The Bertz CT molecular complexity index is 702. The van der Waals surface area contributed by atoms with Crippen LogP contribution in [0.2, 0.25) is 0 Å². The van der Waals surface area contributed by atoms with Crippen LogP contribution in [0.1, 0.15) is 26.2 Å². The molecule has 0 aliphatic carbocycles. The van der Waals surface area contributed by atoms with Crippen LogP contribution in [0.4, 0.5) is 11.4 Å². The maximum Gasteiger partial charge on any atom is 0.227 e. The zero-order valence-corrected chi connectivity index (χ0v) is 14.6. The third kappa shape index (κ3) is 3.37. The van der Waals surface area contributed by atoms with E-state index in [4.69, 9.17) is 0 Å². The largest absolute Gasteiger partial charge is 0.373 e. The Morgan fingerprint density at radius 2 is 1.91 bits per heavy atom. The van der Waals surface area contributed by atoms with Gasteiger partial charge in [0.1, 0.15) is 0 Å². The van der Waals surface area contributed by atoms with E-state index < -0.39 is 9.84 Å². The standard InChI is InChI=1S/C17H24N2O3S/c1-13-7-9-18(2)15-5-3-4-6-16(15)19(13)17(20)11-14-8-10-23(21,22)12-14/h3-6,13-14H,7-12H2,1-2H3/t13-,14+/m0/s1. The Morgan fingerprint density at radius 3 is 2.57 bits per heavy atom. The number of sulfone groups is 1. The number of hydrogen-bond acceptors (Lipinski definition) is 4. The number of benzene rings is 1. The summed E-state index contributed by atoms with van der Waals surface area (Å²) in [5, 5.41) is 0. The first-order valence-electron chi connectivity index (χ1n) is 8.20. The van der Waals surface area contributed by atoms with Gasteiger partial charge in [-0.2, -0.15) is 0 Å². The van der Waals surface area contributed by atoms with E-state index in [0.29, 0.717) is 12.8 Å². The van der Waals surface area contributed by atoms with Crippen LogP contribution >= 0.6 is 0 Å². The number of hydrogen-bond donors (Lipinski definition) is 0. The fourth-order valence-corrected chi connectivity index (χ4v) is 5.48. The second-order valence-corrected chi connectivity index (χ2v) is 9.01. The maximum absolute atomic E-state index is 12.9. The molecule has 2 aliphatic rings. The number of anilines is 2. The molecule has 0 bridgehead atoms. The molecule has 2 aliphatic heterocycles. The Balaban J connectivity index is 1.85. The van der Waals surface area contributed by atoms with Gasteiger partial charge in [0.2, 0.25) is 5.91 Å². The highest BCUT2D eigenvalue weighted by atomic mass is 32.2. The lowest BCUT2D eigenvalue weighted by molar-refractivity contribution is -0.119. The summed E-state index contributed by atoms with van der Waals surface area (Å²) in [7, 11) is -0.896. The van der Waals surface area contributed by atoms with Crippen LogP contribution in [0, 0.1) is 5.92 Å². The van der Waals surface area contributed by atoms with Crippen molar-refractivity contribution in [3.05, 3.63) is 24.3 Å². The van der Waals surface area contributed by atoms with Crippen molar-refractivity contribution < 1.29 is 13.2 Å². The van der Waals surface area contributed by atoms with Gasteiger partial charge in [0, 0.05) is 26.1 Å². The van der Waals surface area contributed by atoms with Crippen molar-refractivity contribution in [2.24, 2.45) is 5.92 Å². The molecule has 1 amide bonds. The normalized spacial score (nSPS) is 26.7. The summed E-state index contributed by atoms with van der Waals surface area (Å²) in [6, 6.07) is 8.07. The van der Waals surface area contributed by atoms with Crippen molar-refractivity contribution in [2.45, 2.75) is 32.2 Å². The first kappa shape index (κ1) is 16.3. The molecule has 0 spiro atoms. The molecule has 23 heavy (non-hydrogen) atoms. The average molecular weight is 336 g/mol. The average Bonchev–Trinajstić information content (AvgIpc) is 2.77. The Kier molecular flexibility index (Phi) is 4.36. The van der Waals surface area contributed by atoms with Gasteiger partial charge in [-0.3, -0.25) is 4.79 Å². The zero-order chi connectivity index (χ0) is 16.6. The van der Waals surface area contributed by atoms with Gasteiger partial charge in [0.25, 0.3) is 0 Å². The summed E-state index contributed by atoms with van der Waals surface area (Å²) in [6.45, 7) is 2.97. The van der Waals surface area contributed by atoms with Crippen molar-refractivity contribution in [1.29, 1.82) is 0 Å². The molecule has 0 radical (unpaired) electrons. The summed E-state index contributed by atoms with van der Waals surface area (Å²) in [5.74, 6) is 0.387. The highest BCUT2D eigenvalue weighted by Gasteiger charge is 2.33. The van der Waals surface area contributed by atoms with E-state index in [2.05, 4.69) is 11.8 Å². The van der Waals surface area contributed by atoms with Gasteiger partial charge < -0.3 is 9.80 Å². The Labute approximate surface area is 138 Å². The van der Waals surface area contributed by atoms with E-state index in [1.165, 1.54) is 0 Å². The second-order valence-electron chi connectivity index (χ2n) is 6.78. The van der Waals surface area contributed by atoms with E-state index in [0.717, 1.165) is 24.3 Å². The molecule has 1 aromatic carbocycles. The van der Waals surface area contributed by atoms with Crippen LogP contribution in [0.3, 0.4) is 0 Å². The lowest BCUT2D eigenvalue weighted by Crippen LogP contribution is -2.39. The van der Waals surface area contributed by atoms with Crippen LogP contribution < -0.4 is 9.80 Å². The highest BCUT2D eigenvalue weighted by molar-refractivity contribution is 7.91. The number of amides is 1. The summed E-state index contributed by atoms with van der Waals surface area (Å²) in [5.41, 5.74) is 2.00. The molecule has 6 heteroatoms. The molecule has 1 aromatic rings. The number of fused-ring (bicyclic) bond motifs is 1. The number of nitrogens with zero attached hydrogens (tertiary/aromatic N) is 2. The molecule has 2 atom stereocenters. The predicted molar refractivity (Wildman–Crippen MR) is 92.7 cm³/mol. The molecule has 1 fully saturated rings. The molecular formula is C17H24N2O3S. The zero-order valence-electron chi connectivity index (χ0n) is 13.7. The lowest BCUT2D eigenvalue weighted by Gasteiger charge is -2.29. The Morgan fingerprint density at radius 1 is 1.22 bits per heavy atom. The SMILES string of the molecule is C[C@H]1CCN(C)c2ccccc2N1C(=O)C[C@H]1CCS(=O)(=O)C1. The summed E-state index contributed by atoms with van der Waals surface area (Å²) < 4.78 is 23.3. The molecule has 2 heterocycles. The van der Waals surface area contributed by atoms with Crippen LogP contribution in [-0.2, 0) is 14.6 Å². The Hall–Kier alpha value is -1.56. The molecule has 126 valence electrons. The van der Waals surface area contributed by atoms with Gasteiger partial charge in [-0.05, 0) is 37.8 Å². The molecule has 5 nitrogen and oxygen atoms in total. The number of carbonyl (C=O) groups is 1. The van der Waals surface area contributed by atoms with E-state index in [-0.39, 0.29) is 29.4 Å². The van der Waals surface area contributed by atoms with Gasteiger partial charge in [0.05, 0.1) is 22.9 Å².